The van der Waals surface area contributed by atoms with Gasteiger partial charge in [0.25, 0.3) is 0 Å². The average molecular weight is 961 g/mol. The third kappa shape index (κ3) is 6.64. The molecule has 0 amide bonds. The van der Waals surface area contributed by atoms with Crippen LogP contribution in [0.4, 0.5) is 0 Å². The molecule has 13 aromatic rings. The van der Waals surface area contributed by atoms with Crippen LogP contribution in [0.2, 0.25) is 0 Å². The molecule has 0 heterocycles. The second-order valence-electron chi connectivity index (χ2n) is 17.6. The van der Waals surface area contributed by atoms with E-state index >= 15 is 0 Å². The predicted octanol–water partition coefficient (Wildman–Crippen LogP) is 19.2. The Balaban J connectivity index is 1.20. The molecule has 13 rings (SSSR count). The van der Waals surface area contributed by atoms with E-state index in [1.165, 1.54) is 135 Å². The van der Waals surface area contributed by atoms with E-state index in [1.54, 1.807) is 0 Å². The molecule has 0 saturated carbocycles. The molecular weight excluding hydrogens is 920 g/mol. The largest absolute Gasteiger partial charge is 0.0622 e. The van der Waals surface area contributed by atoms with E-state index in [4.69, 9.17) is 0 Å². The Labute approximate surface area is 403 Å². The van der Waals surface area contributed by atoms with Crippen LogP contribution in [0.25, 0.3) is 131 Å². The highest BCUT2D eigenvalue weighted by molar-refractivity contribution is 14.1. The normalized spacial score (nSPS) is 11.7. The number of rotatable bonds is 6. The Hall–Kier alpha value is -7.85. The molecule has 0 aliphatic carbocycles. The molecule has 0 radical (unpaired) electrons. The van der Waals surface area contributed by atoms with E-state index in [9.17, 15) is 0 Å². The second kappa shape index (κ2) is 16.2. The Morgan fingerprint density at radius 2 is 0.612 bits per heavy atom. The highest BCUT2D eigenvalue weighted by Gasteiger charge is 2.23. The summed E-state index contributed by atoms with van der Waals surface area (Å²) in [5.74, 6) is 0. The lowest BCUT2D eigenvalue weighted by Crippen LogP contribution is -1.95. The van der Waals surface area contributed by atoms with Gasteiger partial charge in [0, 0.05) is 9.13 Å². The van der Waals surface area contributed by atoms with Crippen LogP contribution >= 0.6 is 22.6 Å². The van der Waals surface area contributed by atoms with E-state index < -0.39 is 0 Å². The lowest BCUT2D eigenvalue weighted by atomic mass is 9.81. The Kier molecular flexibility index (Phi) is 9.58. The molecule has 0 aromatic heterocycles. The summed E-state index contributed by atoms with van der Waals surface area (Å²) in [7, 11) is 0. The van der Waals surface area contributed by atoms with Gasteiger partial charge in [-0.15, -0.1) is 0 Å². The minimum absolute atomic E-state index is 1.19. The van der Waals surface area contributed by atoms with Crippen LogP contribution in [0, 0.1) is 3.57 Å². The summed E-state index contributed by atoms with van der Waals surface area (Å²) in [6.07, 6.45) is 0. The van der Waals surface area contributed by atoms with Gasteiger partial charge < -0.3 is 0 Å². The first-order valence-electron chi connectivity index (χ1n) is 23.0. The molecule has 1 heteroatoms. The SMILES string of the molecule is Ic1c(-c2ccccc2)c2cc3c(-c4cccc(-c5cccc6ccccc56)c4)c4cc(-c5ccccc5)ccc4c(-c4cccc(-c5cccc6ccccc56)c4)c3cc2c2ccccc12. The molecule has 0 spiro atoms. The molecule has 0 fully saturated rings. The summed E-state index contributed by atoms with van der Waals surface area (Å²) in [5.41, 5.74) is 14.6. The third-order valence-electron chi connectivity index (χ3n) is 13.9. The summed E-state index contributed by atoms with van der Waals surface area (Å²) in [6, 6.07) is 92.3. The molecule has 0 nitrogen and oxygen atoms in total. The van der Waals surface area contributed by atoms with Crippen LogP contribution in [-0.4, -0.2) is 0 Å². The van der Waals surface area contributed by atoms with Crippen LogP contribution in [0.3, 0.4) is 0 Å². The van der Waals surface area contributed by atoms with E-state index in [0.29, 0.717) is 0 Å². The van der Waals surface area contributed by atoms with Gasteiger partial charge >= 0.3 is 0 Å². The Morgan fingerprint density at radius 1 is 0.194 bits per heavy atom. The first kappa shape index (κ1) is 39.5. The monoisotopic (exact) mass is 960 g/mol. The minimum Gasteiger partial charge on any atom is -0.0622 e. The van der Waals surface area contributed by atoms with Gasteiger partial charge in [0.05, 0.1) is 0 Å². The first-order chi connectivity index (χ1) is 33.2. The average Bonchev–Trinajstić information content (AvgIpc) is 3.40. The molecule has 0 unspecified atom stereocenters. The molecule has 0 N–H and O–H groups in total. The zero-order chi connectivity index (χ0) is 44.4. The van der Waals surface area contributed by atoms with Crippen molar-refractivity contribution < 1.29 is 0 Å². The minimum atomic E-state index is 1.19. The summed E-state index contributed by atoms with van der Waals surface area (Å²) >= 11 is 2.61. The summed E-state index contributed by atoms with van der Waals surface area (Å²) in [6.45, 7) is 0. The van der Waals surface area contributed by atoms with Crippen LogP contribution in [0.15, 0.2) is 249 Å². The fourth-order valence-electron chi connectivity index (χ4n) is 10.8. The van der Waals surface area contributed by atoms with Crippen molar-refractivity contribution in [2.45, 2.75) is 0 Å². The smallest absolute Gasteiger partial charge is 0.0293 e. The Bertz CT molecular complexity index is 4080. The van der Waals surface area contributed by atoms with E-state index in [1.807, 2.05) is 0 Å². The van der Waals surface area contributed by atoms with E-state index in [-0.39, 0.29) is 0 Å². The van der Waals surface area contributed by atoms with Crippen molar-refractivity contribution in [3.05, 3.63) is 252 Å². The summed E-state index contributed by atoms with van der Waals surface area (Å²) < 4.78 is 1.26. The van der Waals surface area contributed by atoms with Crippen molar-refractivity contribution in [2.75, 3.05) is 0 Å². The van der Waals surface area contributed by atoms with Gasteiger partial charge in [0.15, 0.2) is 0 Å². The number of fused-ring (bicyclic) bond motifs is 7. The summed E-state index contributed by atoms with van der Waals surface area (Å²) in [4.78, 5) is 0. The number of halogens is 1. The van der Waals surface area contributed by atoms with Gasteiger partial charge in [0.2, 0.25) is 0 Å². The topological polar surface area (TPSA) is 0 Å². The molecular formula is C66H41I. The van der Waals surface area contributed by atoms with Gasteiger partial charge in [-0.25, -0.2) is 0 Å². The first-order valence-corrected chi connectivity index (χ1v) is 24.1. The van der Waals surface area contributed by atoms with Crippen LogP contribution in [-0.2, 0) is 0 Å². The standard InChI is InChI=1S/C66H41I/c67-66-57-32-12-11-31-55(57)58-40-61-62(41-60(58)65(66)45-21-5-2-6-22-45)64(50-28-14-26-48(38-50)54-34-16-24-44-20-8-10-30-52(44)54)59-39-46(42-17-3-1-4-18-42)35-36-56(59)63(61)49-27-13-25-47(37-49)53-33-15-23-43-19-7-9-29-51(43)53/h1-41H. The van der Waals surface area contributed by atoms with Crippen molar-refractivity contribution in [3.8, 4) is 66.8 Å². The molecule has 312 valence electrons. The van der Waals surface area contributed by atoms with Crippen molar-refractivity contribution in [2.24, 2.45) is 0 Å². The van der Waals surface area contributed by atoms with Crippen LogP contribution in [0.1, 0.15) is 0 Å². The van der Waals surface area contributed by atoms with Gasteiger partial charge in [-0.1, -0.05) is 218 Å². The van der Waals surface area contributed by atoms with Crippen LogP contribution < -0.4 is 0 Å². The van der Waals surface area contributed by atoms with E-state index in [2.05, 4.69) is 271 Å². The molecule has 0 saturated heterocycles. The fourth-order valence-corrected chi connectivity index (χ4v) is 11.9. The lowest BCUT2D eigenvalue weighted by molar-refractivity contribution is 1.61. The highest BCUT2D eigenvalue weighted by Crippen LogP contribution is 2.50. The number of benzene rings is 13. The maximum absolute atomic E-state index is 2.61. The predicted molar refractivity (Wildman–Crippen MR) is 297 cm³/mol. The van der Waals surface area contributed by atoms with Gasteiger partial charge in [-0.3, -0.25) is 0 Å². The van der Waals surface area contributed by atoms with Crippen molar-refractivity contribution in [1.82, 2.24) is 0 Å². The van der Waals surface area contributed by atoms with Crippen molar-refractivity contribution in [3.63, 3.8) is 0 Å². The molecule has 0 bridgehead atoms. The molecule has 0 aliphatic rings. The van der Waals surface area contributed by atoms with Crippen molar-refractivity contribution in [1.29, 1.82) is 0 Å². The summed E-state index contributed by atoms with van der Waals surface area (Å²) in [5, 5.41) is 15.0. The van der Waals surface area contributed by atoms with Gasteiger partial charge in [-0.05, 0) is 179 Å². The van der Waals surface area contributed by atoms with Crippen molar-refractivity contribution >= 4 is 87.2 Å². The van der Waals surface area contributed by atoms with E-state index in [0.717, 1.165) is 0 Å². The van der Waals surface area contributed by atoms with Gasteiger partial charge in [-0.2, -0.15) is 0 Å². The zero-order valence-electron chi connectivity index (χ0n) is 36.5. The highest BCUT2D eigenvalue weighted by atomic mass is 127. The molecule has 0 atom stereocenters. The zero-order valence-corrected chi connectivity index (χ0v) is 38.7. The number of hydrogen-bond donors (Lipinski definition) is 0. The molecule has 13 aromatic carbocycles. The quantitative estimate of drug-likeness (QED) is 0.0885. The maximum Gasteiger partial charge on any atom is 0.0293 e. The van der Waals surface area contributed by atoms with Gasteiger partial charge in [0.1, 0.15) is 0 Å². The molecule has 0 aliphatic heterocycles. The molecule has 67 heavy (non-hydrogen) atoms. The van der Waals surface area contributed by atoms with Crippen LogP contribution in [0.5, 0.6) is 0 Å². The lowest BCUT2D eigenvalue weighted by Gasteiger charge is -2.22. The maximum atomic E-state index is 2.61. The third-order valence-corrected chi connectivity index (χ3v) is 15.0. The second-order valence-corrected chi connectivity index (χ2v) is 18.7. The number of hydrogen-bond acceptors (Lipinski definition) is 0. The Morgan fingerprint density at radius 3 is 1.22 bits per heavy atom. The fraction of sp³-hybridized carbons (Fsp3) is 0.